The third-order valence-electron chi connectivity index (χ3n) is 4.93. The summed E-state index contributed by atoms with van der Waals surface area (Å²) in [5.41, 5.74) is 4.50. The van der Waals surface area contributed by atoms with E-state index in [-0.39, 0.29) is 17.7 Å². The molecule has 1 heterocycles. The fourth-order valence-corrected chi connectivity index (χ4v) is 4.04. The molecule has 0 atom stereocenters. The standard InChI is InChI=1S/C26H22N4O3S/c1-16-6-5-7-19(14-16)24(32)28-22-9-4-3-8-21(22)25(33)30-26-29-23(15-34-26)18-10-12-20(13-11-18)27-17(2)31/h3-15H,1-2H3,(H,27,31)(H,28,32)(H,29,30,33). The number of anilines is 3. The fraction of sp³-hybridized carbons (Fsp3) is 0.0769. The predicted molar refractivity (Wildman–Crippen MR) is 135 cm³/mol. The number of nitrogens with zero attached hydrogens (tertiary/aromatic N) is 1. The molecular formula is C26H22N4O3S. The normalized spacial score (nSPS) is 10.4. The molecule has 3 amide bonds. The number of para-hydroxylation sites is 1. The van der Waals surface area contributed by atoms with Crippen molar-refractivity contribution in [2.24, 2.45) is 0 Å². The number of rotatable bonds is 6. The van der Waals surface area contributed by atoms with Gasteiger partial charge in [-0.25, -0.2) is 4.98 Å². The van der Waals surface area contributed by atoms with Gasteiger partial charge in [-0.3, -0.25) is 19.7 Å². The highest BCUT2D eigenvalue weighted by atomic mass is 32.1. The van der Waals surface area contributed by atoms with E-state index in [0.717, 1.165) is 11.1 Å². The maximum absolute atomic E-state index is 13.0. The Hall–Kier alpha value is -4.30. The molecular weight excluding hydrogens is 448 g/mol. The summed E-state index contributed by atoms with van der Waals surface area (Å²) in [6.45, 7) is 3.37. The first-order valence-electron chi connectivity index (χ1n) is 10.5. The van der Waals surface area contributed by atoms with Gasteiger partial charge in [0.05, 0.1) is 16.9 Å². The number of amides is 3. The zero-order chi connectivity index (χ0) is 24.1. The Kier molecular flexibility index (Phi) is 6.79. The molecule has 0 aliphatic carbocycles. The second kappa shape index (κ2) is 10.1. The summed E-state index contributed by atoms with van der Waals surface area (Å²) in [5.74, 6) is -0.799. The van der Waals surface area contributed by atoms with E-state index in [2.05, 4.69) is 20.9 Å². The van der Waals surface area contributed by atoms with E-state index in [1.807, 2.05) is 36.6 Å². The zero-order valence-corrected chi connectivity index (χ0v) is 19.4. The van der Waals surface area contributed by atoms with Crippen molar-refractivity contribution in [3.8, 4) is 11.3 Å². The largest absolute Gasteiger partial charge is 0.326 e. The average Bonchev–Trinajstić information content (AvgIpc) is 3.28. The molecule has 8 heteroatoms. The highest BCUT2D eigenvalue weighted by molar-refractivity contribution is 7.14. The third-order valence-corrected chi connectivity index (χ3v) is 5.68. The van der Waals surface area contributed by atoms with Gasteiger partial charge in [0.25, 0.3) is 11.8 Å². The van der Waals surface area contributed by atoms with Crippen LogP contribution in [0.15, 0.2) is 78.2 Å². The first-order chi connectivity index (χ1) is 16.4. The lowest BCUT2D eigenvalue weighted by Crippen LogP contribution is -2.18. The summed E-state index contributed by atoms with van der Waals surface area (Å²) in [4.78, 5) is 41.3. The number of benzene rings is 3. The van der Waals surface area contributed by atoms with E-state index in [0.29, 0.717) is 33.3 Å². The van der Waals surface area contributed by atoms with Crippen LogP contribution in [0.3, 0.4) is 0 Å². The second-order valence-electron chi connectivity index (χ2n) is 7.62. The van der Waals surface area contributed by atoms with Crippen molar-refractivity contribution < 1.29 is 14.4 Å². The molecule has 1 aromatic heterocycles. The second-order valence-corrected chi connectivity index (χ2v) is 8.48. The maximum Gasteiger partial charge on any atom is 0.259 e. The van der Waals surface area contributed by atoms with Crippen molar-refractivity contribution in [1.82, 2.24) is 4.98 Å². The topological polar surface area (TPSA) is 100 Å². The molecule has 0 unspecified atom stereocenters. The van der Waals surface area contributed by atoms with Gasteiger partial charge >= 0.3 is 0 Å². The van der Waals surface area contributed by atoms with Gasteiger partial charge in [0, 0.05) is 29.1 Å². The first-order valence-corrected chi connectivity index (χ1v) is 11.4. The molecule has 0 saturated heterocycles. The minimum absolute atomic E-state index is 0.137. The molecule has 0 spiro atoms. The number of carbonyl (C=O) groups excluding carboxylic acids is 3. The van der Waals surface area contributed by atoms with Crippen LogP contribution in [0.2, 0.25) is 0 Å². The third kappa shape index (κ3) is 5.54. The van der Waals surface area contributed by atoms with Gasteiger partial charge in [-0.05, 0) is 43.3 Å². The lowest BCUT2D eigenvalue weighted by Gasteiger charge is -2.11. The molecule has 170 valence electrons. The van der Waals surface area contributed by atoms with Gasteiger partial charge in [-0.2, -0.15) is 0 Å². The quantitative estimate of drug-likeness (QED) is 0.342. The van der Waals surface area contributed by atoms with Crippen LogP contribution in [0, 0.1) is 6.92 Å². The summed E-state index contributed by atoms with van der Waals surface area (Å²) >= 11 is 1.30. The molecule has 0 radical (unpaired) electrons. The number of aryl methyl sites for hydroxylation is 1. The van der Waals surface area contributed by atoms with E-state index in [1.165, 1.54) is 18.3 Å². The SMILES string of the molecule is CC(=O)Nc1ccc(-c2csc(NC(=O)c3ccccc3NC(=O)c3cccc(C)c3)n2)cc1. The smallest absolute Gasteiger partial charge is 0.259 e. The van der Waals surface area contributed by atoms with E-state index in [9.17, 15) is 14.4 Å². The van der Waals surface area contributed by atoms with Gasteiger partial charge < -0.3 is 10.6 Å². The minimum atomic E-state index is -0.373. The maximum atomic E-state index is 13.0. The number of aromatic nitrogens is 1. The lowest BCUT2D eigenvalue weighted by atomic mass is 10.1. The van der Waals surface area contributed by atoms with E-state index < -0.39 is 0 Å². The van der Waals surface area contributed by atoms with Crippen LogP contribution < -0.4 is 16.0 Å². The van der Waals surface area contributed by atoms with Gasteiger partial charge in [-0.15, -0.1) is 11.3 Å². The van der Waals surface area contributed by atoms with Crippen LogP contribution in [0.4, 0.5) is 16.5 Å². The summed E-state index contributed by atoms with van der Waals surface area (Å²) in [6, 6.07) is 21.4. The number of hydrogen-bond donors (Lipinski definition) is 3. The van der Waals surface area contributed by atoms with Crippen LogP contribution >= 0.6 is 11.3 Å². The number of hydrogen-bond acceptors (Lipinski definition) is 5. The van der Waals surface area contributed by atoms with Crippen LogP contribution in [0.5, 0.6) is 0 Å². The van der Waals surface area contributed by atoms with Crippen molar-refractivity contribution in [1.29, 1.82) is 0 Å². The molecule has 3 N–H and O–H groups in total. The van der Waals surface area contributed by atoms with Crippen molar-refractivity contribution in [3.05, 3.63) is 94.9 Å². The van der Waals surface area contributed by atoms with Gasteiger partial charge in [0.2, 0.25) is 5.91 Å². The fourth-order valence-electron chi connectivity index (χ4n) is 3.33. The van der Waals surface area contributed by atoms with Crippen LogP contribution in [0.25, 0.3) is 11.3 Å². The highest BCUT2D eigenvalue weighted by Crippen LogP contribution is 2.27. The van der Waals surface area contributed by atoms with E-state index >= 15 is 0 Å². The molecule has 0 bridgehead atoms. The lowest BCUT2D eigenvalue weighted by molar-refractivity contribution is -0.114. The van der Waals surface area contributed by atoms with Crippen molar-refractivity contribution in [3.63, 3.8) is 0 Å². The summed E-state index contributed by atoms with van der Waals surface area (Å²) in [7, 11) is 0. The Labute approximate surface area is 200 Å². The predicted octanol–water partition coefficient (Wildman–Crippen LogP) is 5.58. The van der Waals surface area contributed by atoms with E-state index in [4.69, 9.17) is 0 Å². The molecule has 0 saturated carbocycles. The molecule has 7 nitrogen and oxygen atoms in total. The summed E-state index contributed by atoms with van der Waals surface area (Å²) in [6.07, 6.45) is 0. The Morgan fingerprint density at radius 1 is 0.824 bits per heavy atom. The Morgan fingerprint density at radius 2 is 1.59 bits per heavy atom. The average molecular weight is 471 g/mol. The zero-order valence-electron chi connectivity index (χ0n) is 18.6. The molecule has 0 aliphatic rings. The summed E-state index contributed by atoms with van der Waals surface area (Å²) in [5, 5.41) is 10.6. The molecule has 0 aliphatic heterocycles. The summed E-state index contributed by atoms with van der Waals surface area (Å²) < 4.78 is 0. The molecule has 0 fully saturated rings. The highest BCUT2D eigenvalue weighted by Gasteiger charge is 2.16. The molecule has 4 rings (SSSR count). The monoisotopic (exact) mass is 470 g/mol. The van der Waals surface area contributed by atoms with Gasteiger partial charge in [0.15, 0.2) is 5.13 Å². The molecule has 34 heavy (non-hydrogen) atoms. The minimum Gasteiger partial charge on any atom is -0.326 e. The van der Waals surface area contributed by atoms with Gasteiger partial charge in [0.1, 0.15) is 0 Å². The first kappa shape index (κ1) is 22.9. The van der Waals surface area contributed by atoms with Crippen molar-refractivity contribution in [2.45, 2.75) is 13.8 Å². The van der Waals surface area contributed by atoms with E-state index in [1.54, 1.807) is 48.5 Å². The van der Waals surface area contributed by atoms with Crippen LogP contribution in [-0.4, -0.2) is 22.7 Å². The van der Waals surface area contributed by atoms with Crippen LogP contribution in [0.1, 0.15) is 33.2 Å². The van der Waals surface area contributed by atoms with Crippen molar-refractivity contribution >= 4 is 45.6 Å². The van der Waals surface area contributed by atoms with Gasteiger partial charge in [-0.1, -0.05) is 42.0 Å². The Morgan fingerprint density at radius 3 is 2.32 bits per heavy atom. The molecule has 3 aromatic carbocycles. The van der Waals surface area contributed by atoms with Crippen LogP contribution in [-0.2, 0) is 4.79 Å². The number of nitrogens with one attached hydrogen (secondary N) is 3. The Bertz CT molecular complexity index is 1360. The number of thiazole rings is 1. The molecule has 4 aromatic rings. The van der Waals surface area contributed by atoms with Crippen molar-refractivity contribution in [2.75, 3.05) is 16.0 Å². The Balaban J connectivity index is 1.47. The number of carbonyl (C=O) groups is 3.